The van der Waals surface area contributed by atoms with E-state index in [4.69, 9.17) is 9.15 Å². The van der Waals surface area contributed by atoms with Crippen LogP contribution in [0, 0.1) is 0 Å². The fourth-order valence-corrected chi connectivity index (χ4v) is 1.88. The van der Waals surface area contributed by atoms with Crippen LogP contribution in [0.2, 0.25) is 0 Å². The fourth-order valence-electron chi connectivity index (χ4n) is 1.88. The van der Waals surface area contributed by atoms with Gasteiger partial charge in [-0.2, -0.15) is 4.98 Å². The molecule has 5 nitrogen and oxygen atoms in total. The molecule has 0 unspecified atom stereocenters. The summed E-state index contributed by atoms with van der Waals surface area (Å²) in [6, 6.07) is 9.61. The standard InChI is InChI=1S/C15H15N3O2/c1-2-16-9-12-10-19-15(18-12)20-13-6-5-11-4-3-7-17-14(11)8-13/h3-8,10,16H,2,9H2,1H3. The molecule has 1 aromatic carbocycles. The van der Waals surface area contributed by atoms with Gasteiger partial charge in [-0.05, 0) is 24.7 Å². The van der Waals surface area contributed by atoms with Gasteiger partial charge < -0.3 is 14.5 Å². The predicted molar refractivity (Wildman–Crippen MR) is 75.7 cm³/mol. The highest BCUT2D eigenvalue weighted by Crippen LogP contribution is 2.24. The van der Waals surface area contributed by atoms with Crippen LogP contribution < -0.4 is 10.1 Å². The van der Waals surface area contributed by atoms with Crippen LogP contribution >= 0.6 is 0 Å². The smallest absolute Gasteiger partial charge is 0.399 e. The number of pyridine rings is 1. The zero-order chi connectivity index (χ0) is 13.8. The van der Waals surface area contributed by atoms with Gasteiger partial charge in [-0.3, -0.25) is 4.98 Å². The SMILES string of the molecule is CCNCc1coc(Oc2ccc3cccnc3c2)n1. The average Bonchev–Trinajstić information content (AvgIpc) is 2.92. The van der Waals surface area contributed by atoms with Crippen LogP contribution in [0.5, 0.6) is 11.8 Å². The third-order valence-electron chi connectivity index (χ3n) is 2.87. The number of benzene rings is 1. The summed E-state index contributed by atoms with van der Waals surface area (Å²) in [6.07, 6.45) is 3.59. The lowest BCUT2D eigenvalue weighted by Crippen LogP contribution is -2.11. The molecule has 0 aliphatic heterocycles. The lowest BCUT2D eigenvalue weighted by atomic mass is 10.2. The van der Waals surface area contributed by atoms with Gasteiger partial charge in [0, 0.05) is 24.2 Å². The van der Waals surface area contributed by atoms with Crippen molar-refractivity contribution in [2.45, 2.75) is 13.5 Å². The van der Waals surface area contributed by atoms with Gasteiger partial charge in [-0.15, -0.1) is 0 Å². The Morgan fingerprint density at radius 3 is 3.15 bits per heavy atom. The molecule has 3 aromatic rings. The molecule has 0 bridgehead atoms. The minimum atomic E-state index is 0.244. The van der Waals surface area contributed by atoms with Crippen LogP contribution in [0.15, 0.2) is 47.2 Å². The van der Waals surface area contributed by atoms with E-state index < -0.39 is 0 Å². The summed E-state index contributed by atoms with van der Waals surface area (Å²) in [5.41, 5.74) is 1.70. The van der Waals surface area contributed by atoms with Crippen molar-refractivity contribution < 1.29 is 9.15 Å². The van der Waals surface area contributed by atoms with Crippen molar-refractivity contribution >= 4 is 10.9 Å². The van der Waals surface area contributed by atoms with Crippen molar-refractivity contribution in [3.63, 3.8) is 0 Å². The number of aromatic nitrogens is 2. The van der Waals surface area contributed by atoms with Crippen molar-refractivity contribution in [3.05, 3.63) is 48.5 Å². The molecule has 0 saturated heterocycles. The summed E-state index contributed by atoms with van der Waals surface area (Å²) in [7, 11) is 0. The van der Waals surface area contributed by atoms with E-state index in [0.717, 1.165) is 23.1 Å². The van der Waals surface area contributed by atoms with E-state index in [2.05, 4.69) is 15.3 Å². The molecule has 0 saturated carbocycles. The summed E-state index contributed by atoms with van der Waals surface area (Å²) in [4.78, 5) is 8.54. The summed E-state index contributed by atoms with van der Waals surface area (Å²) >= 11 is 0. The Hall–Kier alpha value is -2.40. The number of nitrogens with one attached hydrogen (secondary N) is 1. The van der Waals surface area contributed by atoms with E-state index in [0.29, 0.717) is 12.3 Å². The Kier molecular flexibility index (Phi) is 3.60. The second-order valence-electron chi connectivity index (χ2n) is 4.35. The lowest BCUT2D eigenvalue weighted by Gasteiger charge is -2.02. The number of oxazole rings is 1. The van der Waals surface area contributed by atoms with E-state index >= 15 is 0 Å². The fraction of sp³-hybridized carbons (Fsp3) is 0.200. The predicted octanol–water partition coefficient (Wildman–Crippen LogP) is 3.12. The van der Waals surface area contributed by atoms with Crippen molar-refractivity contribution in [1.29, 1.82) is 0 Å². The van der Waals surface area contributed by atoms with Gasteiger partial charge in [0.1, 0.15) is 12.0 Å². The van der Waals surface area contributed by atoms with Crippen LogP contribution in [-0.4, -0.2) is 16.5 Å². The molecule has 0 amide bonds. The van der Waals surface area contributed by atoms with Crippen LogP contribution in [0.4, 0.5) is 0 Å². The first-order valence-electron chi connectivity index (χ1n) is 6.53. The Labute approximate surface area is 116 Å². The Bertz CT molecular complexity index is 709. The lowest BCUT2D eigenvalue weighted by molar-refractivity contribution is 0.331. The van der Waals surface area contributed by atoms with Crippen LogP contribution in [0.25, 0.3) is 10.9 Å². The average molecular weight is 269 g/mol. The van der Waals surface area contributed by atoms with E-state index in [9.17, 15) is 0 Å². The van der Waals surface area contributed by atoms with E-state index in [1.807, 2.05) is 37.3 Å². The van der Waals surface area contributed by atoms with Crippen molar-refractivity contribution in [1.82, 2.24) is 15.3 Å². The highest BCUT2D eigenvalue weighted by molar-refractivity contribution is 5.79. The molecule has 1 N–H and O–H groups in total. The Balaban J connectivity index is 1.76. The van der Waals surface area contributed by atoms with Crippen molar-refractivity contribution in [2.75, 3.05) is 6.54 Å². The summed E-state index contributed by atoms with van der Waals surface area (Å²) < 4.78 is 10.9. The van der Waals surface area contributed by atoms with Crippen LogP contribution in [0.1, 0.15) is 12.6 Å². The monoisotopic (exact) mass is 269 g/mol. The summed E-state index contributed by atoms with van der Waals surface area (Å²) in [5, 5.41) is 4.25. The molecule has 20 heavy (non-hydrogen) atoms. The minimum Gasteiger partial charge on any atom is -0.417 e. The minimum absolute atomic E-state index is 0.244. The molecule has 0 atom stereocenters. The molecule has 0 aliphatic rings. The number of nitrogens with zero attached hydrogens (tertiary/aromatic N) is 2. The molecule has 2 heterocycles. The highest BCUT2D eigenvalue weighted by atomic mass is 16.6. The van der Waals surface area contributed by atoms with Gasteiger partial charge in [0.25, 0.3) is 0 Å². The largest absolute Gasteiger partial charge is 0.417 e. The first-order chi connectivity index (χ1) is 9.85. The quantitative estimate of drug-likeness (QED) is 0.771. The molecular weight excluding hydrogens is 254 g/mol. The van der Waals surface area contributed by atoms with Crippen LogP contribution in [0.3, 0.4) is 0 Å². The maximum absolute atomic E-state index is 5.60. The first-order valence-corrected chi connectivity index (χ1v) is 6.53. The number of hydrogen-bond donors (Lipinski definition) is 1. The topological polar surface area (TPSA) is 60.2 Å². The summed E-state index contributed by atoms with van der Waals surface area (Å²) in [5.74, 6) is 0.660. The van der Waals surface area contributed by atoms with E-state index in [1.165, 1.54) is 0 Å². The van der Waals surface area contributed by atoms with Gasteiger partial charge in [0.05, 0.1) is 11.2 Å². The molecule has 0 fully saturated rings. The molecule has 0 radical (unpaired) electrons. The van der Waals surface area contributed by atoms with Gasteiger partial charge in [-0.1, -0.05) is 13.0 Å². The number of fused-ring (bicyclic) bond motifs is 1. The zero-order valence-corrected chi connectivity index (χ0v) is 11.2. The number of hydrogen-bond acceptors (Lipinski definition) is 5. The third-order valence-corrected chi connectivity index (χ3v) is 2.87. The normalized spacial score (nSPS) is 10.8. The second kappa shape index (κ2) is 5.71. The molecule has 102 valence electrons. The highest BCUT2D eigenvalue weighted by Gasteiger charge is 2.06. The second-order valence-corrected chi connectivity index (χ2v) is 4.35. The molecule has 2 aromatic heterocycles. The summed E-state index contributed by atoms with van der Waals surface area (Å²) in [6.45, 7) is 3.60. The first kappa shape index (κ1) is 12.6. The molecular formula is C15H15N3O2. The number of rotatable bonds is 5. The zero-order valence-electron chi connectivity index (χ0n) is 11.2. The Morgan fingerprint density at radius 1 is 1.30 bits per heavy atom. The van der Waals surface area contributed by atoms with Crippen molar-refractivity contribution in [2.24, 2.45) is 0 Å². The van der Waals surface area contributed by atoms with E-state index in [1.54, 1.807) is 12.5 Å². The third kappa shape index (κ3) is 2.78. The molecule has 0 spiro atoms. The Morgan fingerprint density at radius 2 is 2.25 bits per heavy atom. The maximum Gasteiger partial charge on any atom is 0.399 e. The van der Waals surface area contributed by atoms with Gasteiger partial charge in [0.2, 0.25) is 0 Å². The van der Waals surface area contributed by atoms with Gasteiger partial charge in [-0.25, -0.2) is 0 Å². The van der Waals surface area contributed by atoms with Gasteiger partial charge >= 0.3 is 6.08 Å². The van der Waals surface area contributed by atoms with Crippen molar-refractivity contribution in [3.8, 4) is 11.8 Å². The number of ether oxygens (including phenoxy) is 1. The van der Waals surface area contributed by atoms with Gasteiger partial charge in [0.15, 0.2) is 0 Å². The molecule has 3 rings (SSSR count). The van der Waals surface area contributed by atoms with E-state index in [-0.39, 0.29) is 6.08 Å². The molecule has 0 aliphatic carbocycles. The molecule has 5 heteroatoms. The van der Waals surface area contributed by atoms with Crippen LogP contribution in [-0.2, 0) is 6.54 Å². The maximum atomic E-state index is 5.60.